The van der Waals surface area contributed by atoms with E-state index >= 15 is 0 Å². The Kier molecular flexibility index (Phi) is 8.77. The number of rotatable bonds is 6. The molecule has 7 aromatic rings. The zero-order valence-corrected chi connectivity index (χ0v) is 33.3. The number of nitrogens with zero attached hydrogens (tertiary/aromatic N) is 4. The molecule has 0 amide bonds. The molecule has 60 heavy (non-hydrogen) atoms. The maximum atomic E-state index is 6.80. The van der Waals surface area contributed by atoms with E-state index < -0.39 is 6.17 Å². The molecule has 2 unspecified atom stereocenters. The Labute approximate surface area is 349 Å². The fourth-order valence-corrected chi connectivity index (χ4v) is 9.22. The van der Waals surface area contributed by atoms with Crippen molar-refractivity contribution in [1.82, 2.24) is 5.32 Å². The first-order chi connectivity index (χ1) is 29.6. The third-order valence-corrected chi connectivity index (χ3v) is 12.3. The molecule has 6 heteroatoms. The third-order valence-electron chi connectivity index (χ3n) is 12.3. The van der Waals surface area contributed by atoms with Crippen LogP contribution in [0.5, 0.6) is 0 Å². The molecule has 6 nitrogen and oxygen atoms in total. The van der Waals surface area contributed by atoms with E-state index in [1.54, 1.807) is 0 Å². The molecule has 0 aromatic heterocycles. The number of nitrogens with two attached hydrogens (primary N) is 1. The standard InChI is InChI=1S/C54H42N6/c1-33(49(55)34-15-3-2-4-16-34)50-45-25-13-14-26-48(45)56-51(57-50)35-27-29-36(30-28-35)52-58-53(46-31-37-17-5-7-19-39(37)41-21-9-11-23-43(41)46)60-54(59-52)47-32-38-18-6-8-20-40(38)42-22-10-12-24-44(42)47/h2-11,13-23,26-32,45,52H,12,24-25,55H2,1H3,(H,58,59,60). The summed E-state index contributed by atoms with van der Waals surface area (Å²) < 4.78 is 0. The Bertz CT molecular complexity index is 3160. The van der Waals surface area contributed by atoms with Crippen LogP contribution >= 0.6 is 0 Å². The van der Waals surface area contributed by atoms with E-state index in [0.717, 1.165) is 86.8 Å². The summed E-state index contributed by atoms with van der Waals surface area (Å²) in [5.41, 5.74) is 18.1. The first kappa shape index (κ1) is 35.7. The molecule has 2 aliphatic heterocycles. The van der Waals surface area contributed by atoms with Crippen molar-refractivity contribution in [3.8, 4) is 0 Å². The lowest BCUT2D eigenvalue weighted by molar-refractivity contribution is 0.755. The number of benzene rings is 7. The van der Waals surface area contributed by atoms with Gasteiger partial charge in [0.15, 0.2) is 12.0 Å². The van der Waals surface area contributed by atoms with Crippen LogP contribution in [0, 0.1) is 5.92 Å². The lowest BCUT2D eigenvalue weighted by atomic mass is 9.86. The first-order valence-electron chi connectivity index (χ1n) is 20.8. The number of amidine groups is 3. The van der Waals surface area contributed by atoms with E-state index in [2.05, 4.69) is 152 Å². The summed E-state index contributed by atoms with van der Waals surface area (Å²) in [6.45, 7) is 2.08. The Balaban J connectivity index is 1.04. The number of aliphatic imine (C=N–C) groups is 4. The Morgan fingerprint density at radius 2 is 1.33 bits per heavy atom. The Morgan fingerprint density at radius 1 is 0.667 bits per heavy atom. The topological polar surface area (TPSA) is 87.5 Å². The van der Waals surface area contributed by atoms with Crippen LogP contribution in [0.15, 0.2) is 195 Å². The summed E-state index contributed by atoms with van der Waals surface area (Å²) in [5, 5.41) is 11.0. The van der Waals surface area contributed by atoms with Crippen LogP contribution < -0.4 is 11.1 Å². The van der Waals surface area contributed by atoms with Crippen molar-refractivity contribution < 1.29 is 0 Å². The average molecular weight is 775 g/mol. The van der Waals surface area contributed by atoms with Gasteiger partial charge < -0.3 is 11.1 Å². The molecule has 0 radical (unpaired) electrons. The minimum atomic E-state index is -0.490. The van der Waals surface area contributed by atoms with Gasteiger partial charge in [-0.1, -0.05) is 152 Å². The van der Waals surface area contributed by atoms with Gasteiger partial charge in [0.05, 0.1) is 11.4 Å². The second kappa shape index (κ2) is 14.7. The molecule has 0 spiro atoms. The smallest absolute Gasteiger partial charge is 0.169 e. The molecular weight excluding hydrogens is 733 g/mol. The zero-order valence-electron chi connectivity index (χ0n) is 33.3. The fraction of sp³-hybridized carbons (Fsp3) is 0.111. The number of hydrogen-bond acceptors (Lipinski definition) is 6. The predicted octanol–water partition coefficient (Wildman–Crippen LogP) is 11.7. The predicted molar refractivity (Wildman–Crippen MR) is 251 cm³/mol. The zero-order chi connectivity index (χ0) is 40.2. The highest BCUT2D eigenvalue weighted by molar-refractivity contribution is 6.24. The molecule has 288 valence electrons. The summed E-state index contributed by atoms with van der Waals surface area (Å²) in [6.07, 6.45) is 13.2. The van der Waals surface area contributed by atoms with Crippen LogP contribution in [0.25, 0.3) is 44.1 Å². The summed E-state index contributed by atoms with van der Waals surface area (Å²) in [6, 6.07) is 49.1. The van der Waals surface area contributed by atoms with Gasteiger partial charge in [-0.25, -0.2) is 20.0 Å². The van der Waals surface area contributed by atoms with E-state index in [0.29, 0.717) is 5.84 Å². The molecule has 2 aliphatic carbocycles. The van der Waals surface area contributed by atoms with Gasteiger partial charge in [-0.15, -0.1) is 0 Å². The van der Waals surface area contributed by atoms with Crippen LogP contribution in [0.1, 0.15) is 64.9 Å². The highest BCUT2D eigenvalue weighted by atomic mass is 15.2. The lowest BCUT2D eigenvalue weighted by Gasteiger charge is -2.27. The van der Waals surface area contributed by atoms with Gasteiger partial charge >= 0.3 is 0 Å². The SMILES string of the molecule is CC(C1=NC(c2ccc(C3N=C(c4cc5ccccc5c5c4CCC=C5)NC(c4cc5ccccc5c5ccccc45)=N3)cc2)=NC2=CC=CCC21)=C(N)c1ccccc1. The molecule has 0 saturated carbocycles. The number of fused-ring (bicyclic) bond motifs is 7. The van der Waals surface area contributed by atoms with E-state index in [4.69, 9.17) is 25.7 Å². The van der Waals surface area contributed by atoms with E-state index in [1.807, 2.05) is 30.3 Å². The van der Waals surface area contributed by atoms with E-state index in [9.17, 15) is 0 Å². The quantitative estimate of drug-likeness (QED) is 0.165. The number of hydrogen-bond donors (Lipinski definition) is 2. The molecule has 2 heterocycles. The van der Waals surface area contributed by atoms with Crippen molar-refractivity contribution in [3.05, 3.63) is 214 Å². The highest BCUT2D eigenvalue weighted by Crippen LogP contribution is 2.37. The molecular formula is C54H42N6. The van der Waals surface area contributed by atoms with Gasteiger partial charge in [0.25, 0.3) is 0 Å². The molecule has 7 aromatic carbocycles. The fourth-order valence-electron chi connectivity index (χ4n) is 9.22. The van der Waals surface area contributed by atoms with E-state index in [-0.39, 0.29) is 5.92 Å². The van der Waals surface area contributed by atoms with Gasteiger partial charge in [-0.2, -0.15) is 0 Å². The summed E-state index contributed by atoms with van der Waals surface area (Å²) in [5.74, 6) is 2.36. The summed E-state index contributed by atoms with van der Waals surface area (Å²) in [7, 11) is 0. The lowest BCUT2D eigenvalue weighted by Crippen LogP contribution is -2.37. The Hall–Kier alpha value is -7.44. The first-order valence-corrected chi connectivity index (χ1v) is 20.8. The molecule has 11 rings (SSSR count). The van der Waals surface area contributed by atoms with E-state index in [1.165, 1.54) is 38.1 Å². The van der Waals surface area contributed by atoms with Gasteiger partial charge in [0.1, 0.15) is 11.7 Å². The molecule has 0 saturated heterocycles. The highest BCUT2D eigenvalue weighted by Gasteiger charge is 2.30. The largest absolute Gasteiger partial charge is 0.398 e. The van der Waals surface area contributed by atoms with Crippen molar-refractivity contribution in [1.29, 1.82) is 0 Å². The van der Waals surface area contributed by atoms with Gasteiger partial charge in [-0.3, -0.25) is 0 Å². The van der Waals surface area contributed by atoms with Crippen LogP contribution in [-0.2, 0) is 6.42 Å². The van der Waals surface area contributed by atoms with Crippen molar-refractivity contribution in [2.75, 3.05) is 0 Å². The summed E-state index contributed by atoms with van der Waals surface area (Å²) >= 11 is 0. The van der Waals surface area contributed by atoms with Gasteiger partial charge in [-0.05, 0) is 105 Å². The second-order valence-corrected chi connectivity index (χ2v) is 15.9. The number of allylic oxidation sites excluding steroid dienone is 6. The molecule has 0 bridgehead atoms. The maximum Gasteiger partial charge on any atom is 0.169 e. The van der Waals surface area contributed by atoms with Crippen LogP contribution in [0.2, 0.25) is 0 Å². The van der Waals surface area contributed by atoms with Crippen LogP contribution in [0.4, 0.5) is 0 Å². The normalized spacial score (nSPS) is 18.7. The van der Waals surface area contributed by atoms with Gasteiger partial charge in [0, 0.05) is 28.3 Å². The van der Waals surface area contributed by atoms with Crippen molar-refractivity contribution in [3.63, 3.8) is 0 Å². The van der Waals surface area contributed by atoms with Crippen LogP contribution in [-0.4, -0.2) is 23.2 Å². The van der Waals surface area contributed by atoms with Crippen molar-refractivity contribution in [2.45, 2.75) is 32.4 Å². The third kappa shape index (κ3) is 6.20. The average Bonchev–Trinajstić information content (AvgIpc) is 3.33. The monoisotopic (exact) mass is 774 g/mol. The molecule has 3 N–H and O–H groups in total. The molecule has 2 atom stereocenters. The summed E-state index contributed by atoms with van der Waals surface area (Å²) in [4.78, 5) is 21.2. The molecule has 4 aliphatic rings. The molecule has 0 fully saturated rings. The van der Waals surface area contributed by atoms with Gasteiger partial charge in [0.2, 0.25) is 0 Å². The maximum absolute atomic E-state index is 6.80. The minimum Gasteiger partial charge on any atom is -0.398 e. The number of nitrogens with one attached hydrogen (secondary N) is 1. The Morgan fingerprint density at radius 3 is 2.13 bits per heavy atom. The van der Waals surface area contributed by atoms with Crippen LogP contribution in [0.3, 0.4) is 0 Å². The second-order valence-electron chi connectivity index (χ2n) is 15.9. The van der Waals surface area contributed by atoms with Crippen molar-refractivity contribution >= 4 is 67.3 Å². The van der Waals surface area contributed by atoms with Crippen molar-refractivity contribution in [2.24, 2.45) is 31.6 Å². The minimum absolute atomic E-state index is 0.0538.